The summed E-state index contributed by atoms with van der Waals surface area (Å²) < 4.78 is 4.93. The van der Waals surface area contributed by atoms with E-state index in [9.17, 15) is 19.5 Å². The van der Waals surface area contributed by atoms with Gasteiger partial charge in [-0.3, -0.25) is 14.6 Å². The Kier molecular flexibility index (Phi) is 6.23. The fraction of sp³-hybridized carbons (Fsp3) is 0.333. The average Bonchev–Trinajstić information content (AvgIpc) is 3.09. The van der Waals surface area contributed by atoms with Crippen molar-refractivity contribution in [1.29, 1.82) is 0 Å². The van der Waals surface area contributed by atoms with E-state index in [0.29, 0.717) is 12.8 Å². The van der Waals surface area contributed by atoms with Crippen LogP contribution in [0.1, 0.15) is 36.7 Å². The van der Waals surface area contributed by atoms with Crippen molar-refractivity contribution >= 4 is 35.1 Å². The summed E-state index contributed by atoms with van der Waals surface area (Å²) in [5.74, 6) is -2.11. The van der Waals surface area contributed by atoms with Crippen LogP contribution in [0.15, 0.2) is 32.8 Å². The number of hydrogen-bond acceptors (Lipinski definition) is 8. The zero-order valence-electron chi connectivity index (χ0n) is 13.4. The molecule has 0 saturated heterocycles. The SMILES string of the molecule is CCCC[C@@H](Sc1nc(N)c(NC(=O)c2ccco2)c(=O)[nH]1)C(=O)[O-]. The first-order valence-corrected chi connectivity index (χ1v) is 8.42. The number of nitrogens with one attached hydrogen (secondary N) is 2. The van der Waals surface area contributed by atoms with Crippen LogP contribution >= 0.6 is 11.8 Å². The molecule has 9 nitrogen and oxygen atoms in total. The number of nitrogens with two attached hydrogens (primary N) is 1. The Bertz CT molecular complexity index is 803. The first kappa shape index (κ1) is 18.6. The number of aliphatic carboxylic acids is 1. The number of carboxylic acids is 1. The lowest BCUT2D eigenvalue weighted by Crippen LogP contribution is -2.34. The third-order valence-electron chi connectivity index (χ3n) is 3.25. The number of anilines is 2. The molecule has 0 unspecified atom stereocenters. The van der Waals surface area contributed by atoms with Crippen molar-refractivity contribution in [2.45, 2.75) is 36.6 Å². The molecular formula is C15H17N4O5S-. The molecule has 2 rings (SSSR count). The Labute approximate surface area is 147 Å². The zero-order valence-corrected chi connectivity index (χ0v) is 14.2. The van der Waals surface area contributed by atoms with Crippen LogP contribution in [0.2, 0.25) is 0 Å². The van der Waals surface area contributed by atoms with Gasteiger partial charge in [-0.15, -0.1) is 0 Å². The van der Waals surface area contributed by atoms with Crippen LogP contribution in [0.3, 0.4) is 0 Å². The number of unbranched alkanes of at least 4 members (excludes halogenated alkanes) is 1. The zero-order chi connectivity index (χ0) is 18.4. The first-order valence-electron chi connectivity index (χ1n) is 7.54. The quantitative estimate of drug-likeness (QED) is 0.454. The molecule has 25 heavy (non-hydrogen) atoms. The van der Waals surface area contributed by atoms with E-state index in [1.807, 2.05) is 6.92 Å². The Morgan fingerprint density at radius 3 is 2.84 bits per heavy atom. The molecular weight excluding hydrogens is 348 g/mol. The fourth-order valence-corrected chi connectivity index (χ4v) is 2.93. The van der Waals surface area contributed by atoms with E-state index >= 15 is 0 Å². The second-order valence-corrected chi connectivity index (χ2v) is 6.32. The van der Waals surface area contributed by atoms with Crippen LogP contribution in [0.5, 0.6) is 0 Å². The molecule has 134 valence electrons. The number of carbonyl (C=O) groups is 2. The van der Waals surface area contributed by atoms with Gasteiger partial charge in [-0.25, -0.2) is 4.98 Å². The predicted octanol–water partition coefficient (Wildman–Crippen LogP) is 0.598. The highest BCUT2D eigenvalue weighted by molar-refractivity contribution is 8.00. The number of aromatic nitrogens is 2. The van der Waals surface area contributed by atoms with Crippen LogP contribution < -0.4 is 21.7 Å². The van der Waals surface area contributed by atoms with Gasteiger partial charge in [0.2, 0.25) is 0 Å². The molecule has 0 fully saturated rings. The lowest BCUT2D eigenvalue weighted by molar-refractivity contribution is -0.304. The summed E-state index contributed by atoms with van der Waals surface area (Å²) in [4.78, 5) is 41.6. The summed E-state index contributed by atoms with van der Waals surface area (Å²) in [6, 6.07) is 2.95. The van der Waals surface area contributed by atoms with Crippen LogP contribution in [0.4, 0.5) is 11.5 Å². The Balaban J connectivity index is 2.17. The summed E-state index contributed by atoms with van der Waals surface area (Å²) in [5, 5.41) is 12.7. The molecule has 4 N–H and O–H groups in total. The van der Waals surface area contributed by atoms with E-state index in [-0.39, 0.29) is 22.4 Å². The van der Waals surface area contributed by atoms with E-state index in [2.05, 4.69) is 15.3 Å². The van der Waals surface area contributed by atoms with Gasteiger partial charge in [0.1, 0.15) is 0 Å². The number of aromatic amines is 1. The minimum atomic E-state index is -1.24. The summed E-state index contributed by atoms with van der Waals surface area (Å²) >= 11 is 0.851. The van der Waals surface area contributed by atoms with Crippen molar-refractivity contribution in [3.63, 3.8) is 0 Å². The van der Waals surface area contributed by atoms with Gasteiger partial charge in [0.05, 0.1) is 17.5 Å². The second-order valence-electron chi connectivity index (χ2n) is 5.13. The van der Waals surface area contributed by atoms with Gasteiger partial charge < -0.3 is 25.4 Å². The number of nitrogen functional groups attached to an aromatic ring is 1. The van der Waals surface area contributed by atoms with Crippen LogP contribution in [0, 0.1) is 0 Å². The highest BCUT2D eigenvalue weighted by Gasteiger charge is 2.18. The molecule has 1 amide bonds. The lowest BCUT2D eigenvalue weighted by atomic mass is 10.2. The number of nitrogens with zero attached hydrogens (tertiary/aromatic N) is 1. The maximum atomic E-state index is 12.1. The van der Waals surface area contributed by atoms with E-state index in [4.69, 9.17) is 10.2 Å². The van der Waals surface area contributed by atoms with Gasteiger partial charge in [0.25, 0.3) is 11.5 Å². The summed E-state index contributed by atoms with van der Waals surface area (Å²) in [6.45, 7) is 1.94. The number of thioether (sulfide) groups is 1. The van der Waals surface area contributed by atoms with Gasteiger partial charge >= 0.3 is 0 Å². The Morgan fingerprint density at radius 2 is 2.28 bits per heavy atom. The topological polar surface area (TPSA) is 154 Å². The number of H-pyrrole nitrogens is 1. The molecule has 2 heterocycles. The second kappa shape index (κ2) is 8.38. The van der Waals surface area contributed by atoms with Crippen LogP contribution in [-0.2, 0) is 4.79 Å². The van der Waals surface area contributed by atoms with Crippen molar-refractivity contribution in [2.75, 3.05) is 11.1 Å². The molecule has 0 aromatic carbocycles. The van der Waals surface area contributed by atoms with Gasteiger partial charge in [0.15, 0.2) is 22.4 Å². The number of hydrogen-bond donors (Lipinski definition) is 3. The molecule has 0 aliphatic heterocycles. The molecule has 0 saturated carbocycles. The smallest absolute Gasteiger partial charge is 0.291 e. The predicted molar refractivity (Wildman–Crippen MR) is 90.1 cm³/mol. The molecule has 2 aromatic rings. The number of furan rings is 1. The minimum absolute atomic E-state index is 0.00818. The highest BCUT2D eigenvalue weighted by atomic mass is 32.2. The first-order chi connectivity index (χ1) is 11.9. The van der Waals surface area contributed by atoms with Crippen LogP contribution in [-0.4, -0.2) is 27.1 Å². The van der Waals surface area contributed by atoms with Crippen LogP contribution in [0.25, 0.3) is 0 Å². The maximum absolute atomic E-state index is 12.1. The highest BCUT2D eigenvalue weighted by Crippen LogP contribution is 2.24. The molecule has 0 aliphatic carbocycles. The maximum Gasteiger partial charge on any atom is 0.291 e. The normalized spacial score (nSPS) is 11.9. The number of rotatable bonds is 8. The third kappa shape index (κ3) is 4.86. The molecule has 1 atom stereocenters. The molecule has 2 aromatic heterocycles. The lowest BCUT2D eigenvalue weighted by Gasteiger charge is -2.16. The average molecular weight is 365 g/mol. The molecule has 0 radical (unpaired) electrons. The largest absolute Gasteiger partial charge is 0.549 e. The van der Waals surface area contributed by atoms with E-state index < -0.39 is 22.7 Å². The molecule has 0 bridgehead atoms. The fourth-order valence-electron chi connectivity index (χ4n) is 1.98. The molecule has 0 aliphatic rings. The third-order valence-corrected chi connectivity index (χ3v) is 4.38. The monoisotopic (exact) mass is 365 g/mol. The van der Waals surface area contributed by atoms with E-state index in [1.54, 1.807) is 0 Å². The number of carbonyl (C=O) groups excluding carboxylic acids is 2. The number of amides is 1. The standard InChI is InChI=1S/C15H18N4O5S/c1-2-3-6-9(14(22)23)25-15-18-11(16)10(13(21)19-15)17-12(20)8-5-4-7-24-8/h4-5,7,9H,2-3,6H2,1H3,(H,17,20)(H,22,23)(H3,16,18,19,21)/p-1/t9-/m1/s1. The summed E-state index contributed by atoms with van der Waals surface area (Å²) in [6.07, 6.45) is 3.22. The van der Waals surface area contributed by atoms with Crippen molar-refractivity contribution in [3.05, 3.63) is 34.5 Å². The van der Waals surface area contributed by atoms with Crippen molar-refractivity contribution in [2.24, 2.45) is 0 Å². The van der Waals surface area contributed by atoms with Gasteiger partial charge in [-0.2, -0.15) is 0 Å². The van der Waals surface area contributed by atoms with Crippen molar-refractivity contribution < 1.29 is 19.1 Å². The molecule has 0 spiro atoms. The van der Waals surface area contributed by atoms with Gasteiger partial charge in [-0.1, -0.05) is 31.5 Å². The summed E-state index contributed by atoms with van der Waals surface area (Å²) in [7, 11) is 0. The van der Waals surface area contributed by atoms with Crippen molar-refractivity contribution in [3.8, 4) is 0 Å². The van der Waals surface area contributed by atoms with Gasteiger partial charge in [-0.05, 0) is 18.6 Å². The Morgan fingerprint density at radius 1 is 1.52 bits per heavy atom. The van der Waals surface area contributed by atoms with Gasteiger partial charge in [0, 0.05) is 0 Å². The van der Waals surface area contributed by atoms with E-state index in [1.165, 1.54) is 18.4 Å². The number of carboxylic acid groups (broad SMARTS) is 1. The minimum Gasteiger partial charge on any atom is -0.549 e. The van der Waals surface area contributed by atoms with E-state index in [0.717, 1.165) is 18.2 Å². The summed E-state index contributed by atoms with van der Waals surface area (Å²) in [5.41, 5.74) is 4.80. The molecule has 10 heteroatoms. The van der Waals surface area contributed by atoms with Crippen molar-refractivity contribution in [1.82, 2.24) is 9.97 Å². The Hall–Kier alpha value is -2.75.